The zero-order valence-corrected chi connectivity index (χ0v) is 16.6. The number of hydrogen-bond donors (Lipinski definition) is 2. The van der Waals surface area contributed by atoms with E-state index in [1.165, 1.54) is 12.1 Å². The average molecular weight is 440 g/mol. The second-order valence-corrected chi connectivity index (χ2v) is 5.77. The Kier molecular flexibility index (Phi) is 12.6. The van der Waals surface area contributed by atoms with Crippen molar-refractivity contribution < 1.29 is 4.39 Å². The SMILES string of the molecule is CN=C(NCCSC)NCCN(C)Cc1ccc(F)cc1.I. The van der Waals surface area contributed by atoms with Gasteiger partial charge < -0.3 is 15.5 Å². The molecule has 22 heavy (non-hydrogen) atoms. The molecular weight excluding hydrogens is 414 g/mol. The lowest BCUT2D eigenvalue weighted by molar-refractivity contribution is 0.331. The highest BCUT2D eigenvalue weighted by Crippen LogP contribution is 2.04. The number of thioether (sulfide) groups is 1. The van der Waals surface area contributed by atoms with E-state index in [-0.39, 0.29) is 29.8 Å². The summed E-state index contributed by atoms with van der Waals surface area (Å²) in [5.74, 6) is 1.70. The minimum Gasteiger partial charge on any atom is -0.356 e. The largest absolute Gasteiger partial charge is 0.356 e. The number of nitrogens with one attached hydrogen (secondary N) is 2. The monoisotopic (exact) mass is 440 g/mol. The Hall–Kier alpha value is -0.540. The first-order chi connectivity index (χ1) is 10.2. The van der Waals surface area contributed by atoms with Crippen LogP contribution < -0.4 is 10.6 Å². The van der Waals surface area contributed by atoms with Crippen LogP contribution in [-0.2, 0) is 6.54 Å². The highest BCUT2D eigenvalue weighted by atomic mass is 127. The van der Waals surface area contributed by atoms with Crippen LogP contribution in [0.3, 0.4) is 0 Å². The van der Waals surface area contributed by atoms with Gasteiger partial charge in [0, 0.05) is 39.0 Å². The van der Waals surface area contributed by atoms with E-state index in [0.29, 0.717) is 0 Å². The van der Waals surface area contributed by atoms with E-state index in [1.54, 1.807) is 18.8 Å². The summed E-state index contributed by atoms with van der Waals surface area (Å²) in [6.07, 6.45) is 2.09. The van der Waals surface area contributed by atoms with Crippen molar-refractivity contribution in [1.82, 2.24) is 15.5 Å². The number of rotatable bonds is 8. The maximum absolute atomic E-state index is 12.8. The maximum Gasteiger partial charge on any atom is 0.191 e. The van der Waals surface area contributed by atoms with Gasteiger partial charge in [0.05, 0.1) is 0 Å². The van der Waals surface area contributed by atoms with Crippen LogP contribution in [0.2, 0.25) is 0 Å². The Morgan fingerprint density at radius 3 is 2.45 bits per heavy atom. The molecule has 0 aliphatic rings. The van der Waals surface area contributed by atoms with E-state index in [2.05, 4.69) is 33.8 Å². The molecule has 0 aliphatic heterocycles. The fourth-order valence-electron chi connectivity index (χ4n) is 1.84. The van der Waals surface area contributed by atoms with E-state index in [0.717, 1.165) is 43.5 Å². The number of hydrogen-bond acceptors (Lipinski definition) is 3. The minimum atomic E-state index is -0.191. The number of benzene rings is 1. The molecule has 0 amide bonds. The van der Waals surface area contributed by atoms with Crippen molar-refractivity contribution in [2.75, 3.05) is 45.7 Å². The van der Waals surface area contributed by atoms with Crippen LogP contribution in [0.15, 0.2) is 29.3 Å². The van der Waals surface area contributed by atoms with Crippen molar-refractivity contribution in [3.63, 3.8) is 0 Å². The van der Waals surface area contributed by atoms with Crippen LogP contribution in [0.1, 0.15) is 5.56 Å². The third kappa shape index (κ3) is 9.47. The summed E-state index contributed by atoms with van der Waals surface area (Å²) in [6.45, 7) is 3.42. The molecule has 2 N–H and O–H groups in total. The summed E-state index contributed by atoms with van der Waals surface area (Å²) in [5, 5.41) is 6.54. The van der Waals surface area contributed by atoms with Crippen molar-refractivity contribution in [3.8, 4) is 0 Å². The third-order valence-corrected chi connectivity index (χ3v) is 3.59. The topological polar surface area (TPSA) is 39.7 Å². The van der Waals surface area contributed by atoms with Gasteiger partial charge in [-0.05, 0) is 31.0 Å². The van der Waals surface area contributed by atoms with Crippen molar-refractivity contribution in [3.05, 3.63) is 35.6 Å². The van der Waals surface area contributed by atoms with Gasteiger partial charge in [-0.1, -0.05) is 12.1 Å². The van der Waals surface area contributed by atoms with Gasteiger partial charge in [0.25, 0.3) is 0 Å². The summed E-state index contributed by atoms with van der Waals surface area (Å²) in [5.41, 5.74) is 1.11. The molecule has 1 aromatic carbocycles. The van der Waals surface area contributed by atoms with Crippen LogP contribution in [0.5, 0.6) is 0 Å². The fraction of sp³-hybridized carbons (Fsp3) is 0.533. The molecule has 7 heteroatoms. The lowest BCUT2D eigenvalue weighted by atomic mass is 10.2. The van der Waals surface area contributed by atoms with Gasteiger partial charge in [0.2, 0.25) is 0 Å². The molecule has 0 spiro atoms. The van der Waals surface area contributed by atoms with Crippen LogP contribution in [-0.4, -0.2) is 56.6 Å². The predicted molar refractivity (Wildman–Crippen MR) is 106 cm³/mol. The standard InChI is InChI=1S/C15H25FN4S.HI/c1-17-15(19-9-11-21-3)18-8-10-20(2)12-13-4-6-14(16)7-5-13;/h4-7H,8-12H2,1-3H3,(H2,17,18,19);1H. The summed E-state index contributed by atoms with van der Waals surface area (Å²) in [4.78, 5) is 6.37. The van der Waals surface area contributed by atoms with Crippen LogP contribution in [0, 0.1) is 5.82 Å². The molecule has 0 aromatic heterocycles. The summed E-state index contributed by atoms with van der Waals surface area (Å²) >= 11 is 1.80. The molecular formula is C15H26FIN4S. The molecule has 0 heterocycles. The molecule has 4 nitrogen and oxygen atoms in total. The minimum absolute atomic E-state index is 0. The number of likely N-dealkylation sites (N-methyl/N-ethyl adjacent to an activating group) is 1. The van der Waals surface area contributed by atoms with E-state index in [1.807, 2.05) is 12.1 Å². The molecule has 1 aromatic rings. The summed E-state index contributed by atoms with van der Waals surface area (Å²) in [6, 6.07) is 6.64. The zero-order chi connectivity index (χ0) is 15.5. The van der Waals surface area contributed by atoms with Crippen LogP contribution in [0.25, 0.3) is 0 Å². The number of halogens is 2. The van der Waals surface area contributed by atoms with Gasteiger partial charge in [0.1, 0.15) is 5.82 Å². The first-order valence-corrected chi connectivity index (χ1v) is 8.41. The van der Waals surface area contributed by atoms with Gasteiger partial charge in [-0.2, -0.15) is 11.8 Å². The second kappa shape index (κ2) is 13.0. The maximum atomic E-state index is 12.8. The van der Waals surface area contributed by atoms with E-state index >= 15 is 0 Å². The van der Waals surface area contributed by atoms with Crippen LogP contribution in [0.4, 0.5) is 4.39 Å². The highest BCUT2D eigenvalue weighted by molar-refractivity contribution is 14.0. The molecule has 0 fully saturated rings. The molecule has 0 radical (unpaired) electrons. The van der Waals surface area contributed by atoms with Gasteiger partial charge in [-0.3, -0.25) is 4.99 Å². The molecule has 0 atom stereocenters. The van der Waals surface area contributed by atoms with Gasteiger partial charge in [-0.25, -0.2) is 4.39 Å². The smallest absolute Gasteiger partial charge is 0.191 e. The summed E-state index contributed by atoms with van der Waals surface area (Å²) < 4.78 is 12.8. The van der Waals surface area contributed by atoms with E-state index < -0.39 is 0 Å². The van der Waals surface area contributed by atoms with Crippen molar-refractivity contribution in [1.29, 1.82) is 0 Å². The lowest BCUT2D eigenvalue weighted by Gasteiger charge is -2.18. The molecule has 1 rings (SSSR count). The summed E-state index contributed by atoms with van der Waals surface area (Å²) in [7, 11) is 3.83. The molecule has 0 saturated carbocycles. The highest BCUT2D eigenvalue weighted by Gasteiger charge is 2.02. The quantitative estimate of drug-likeness (QED) is 0.282. The molecule has 0 aliphatic carbocycles. The third-order valence-electron chi connectivity index (χ3n) is 2.97. The van der Waals surface area contributed by atoms with Gasteiger partial charge in [-0.15, -0.1) is 24.0 Å². The molecule has 0 bridgehead atoms. The molecule has 0 saturated heterocycles. The Balaban J connectivity index is 0.00000441. The van der Waals surface area contributed by atoms with E-state index in [9.17, 15) is 4.39 Å². The van der Waals surface area contributed by atoms with Crippen LogP contribution >= 0.6 is 35.7 Å². The van der Waals surface area contributed by atoms with E-state index in [4.69, 9.17) is 0 Å². The lowest BCUT2D eigenvalue weighted by Crippen LogP contribution is -2.41. The Labute approximate surface area is 154 Å². The molecule has 126 valence electrons. The Morgan fingerprint density at radius 2 is 1.86 bits per heavy atom. The Morgan fingerprint density at radius 1 is 1.23 bits per heavy atom. The normalized spacial score (nSPS) is 11.2. The second-order valence-electron chi connectivity index (χ2n) is 4.78. The Bertz CT molecular complexity index is 428. The van der Waals surface area contributed by atoms with Crippen molar-refractivity contribution in [2.24, 2.45) is 4.99 Å². The predicted octanol–water partition coefficient (Wildman–Crippen LogP) is 2.40. The van der Waals surface area contributed by atoms with Gasteiger partial charge in [0.15, 0.2) is 5.96 Å². The van der Waals surface area contributed by atoms with Crippen molar-refractivity contribution >= 4 is 41.7 Å². The van der Waals surface area contributed by atoms with Gasteiger partial charge >= 0.3 is 0 Å². The zero-order valence-electron chi connectivity index (χ0n) is 13.4. The fourth-order valence-corrected chi connectivity index (χ4v) is 2.14. The molecule has 0 unspecified atom stereocenters. The van der Waals surface area contributed by atoms with Crippen molar-refractivity contribution in [2.45, 2.75) is 6.54 Å². The first kappa shape index (κ1) is 21.5. The first-order valence-electron chi connectivity index (χ1n) is 7.02. The average Bonchev–Trinajstić information content (AvgIpc) is 2.48. The number of aliphatic imine (C=N–C) groups is 1. The number of nitrogens with zero attached hydrogens (tertiary/aromatic N) is 2. The number of guanidine groups is 1.